The first-order chi connectivity index (χ1) is 33.6. The number of nitrogens with one attached hydrogen (secondary N) is 2. The number of pyridine rings is 1. The van der Waals surface area contributed by atoms with E-state index < -0.39 is 23.8 Å². The number of ether oxygens (including phenoxy) is 1. The summed E-state index contributed by atoms with van der Waals surface area (Å²) in [4.78, 5) is 86.1. The van der Waals surface area contributed by atoms with Crippen LogP contribution in [0.3, 0.4) is 0 Å². The minimum atomic E-state index is -0.914. The predicted molar refractivity (Wildman–Crippen MR) is 253 cm³/mol. The SMILES string of the molecule is O=C1CC[C@@H](N2Cc3c(OC4CCN(C(=O)CCCN5CCN(c6ccc(-c7ccc8cn([C@@H](C(=O)Nc9nccs9)c9ncn%10c9CCC%10)nc8c7F)cn6)CC5)CC4)cccc3C2=O)C(=O)N1. The number of thiazole rings is 1. The van der Waals surface area contributed by atoms with Gasteiger partial charge in [-0.2, -0.15) is 5.10 Å². The van der Waals surface area contributed by atoms with Crippen LogP contribution in [0.5, 0.6) is 5.75 Å². The van der Waals surface area contributed by atoms with Crippen LogP contribution in [0.15, 0.2) is 72.8 Å². The molecule has 11 rings (SSSR count). The van der Waals surface area contributed by atoms with E-state index in [4.69, 9.17) is 9.72 Å². The number of carbonyl (C=O) groups excluding carboxylic acids is 5. The highest BCUT2D eigenvalue weighted by Crippen LogP contribution is 2.36. The summed E-state index contributed by atoms with van der Waals surface area (Å²) in [5.41, 5.74) is 3.99. The molecule has 0 saturated carbocycles. The number of likely N-dealkylation sites (tertiary alicyclic amines) is 1. The number of rotatable bonds is 13. The zero-order valence-corrected chi connectivity index (χ0v) is 38.7. The van der Waals surface area contributed by atoms with E-state index in [1.165, 1.54) is 20.9 Å². The molecule has 0 bridgehead atoms. The molecule has 5 aliphatic rings. The number of piperidine rings is 2. The fraction of sp³-hybridized carbons (Fsp3) is 0.408. The zero-order valence-electron chi connectivity index (χ0n) is 37.9. The largest absolute Gasteiger partial charge is 0.490 e. The molecule has 2 aromatic carbocycles. The maximum Gasteiger partial charge on any atom is 0.257 e. The summed E-state index contributed by atoms with van der Waals surface area (Å²) in [6.45, 7) is 6.31. The predicted octanol–water partition coefficient (Wildman–Crippen LogP) is 4.80. The minimum Gasteiger partial charge on any atom is -0.490 e. The van der Waals surface area contributed by atoms with E-state index in [9.17, 15) is 24.0 Å². The van der Waals surface area contributed by atoms with Crippen LogP contribution in [0, 0.1) is 5.82 Å². The van der Waals surface area contributed by atoms with Gasteiger partial charge in [-0.05, 0) is 56.5 Å². The summed E-state index contributed by atoms with van der Waals surface area (Å²) < 4.78 is 26.4. The normalized spacial score (nSPS) is 19.2. The molecule has 5 amide bonds. The van der Waals surface area contributed by atoms with Gasteiger partial charge in [-0.1, -0.05) is 18.2 Å². The Hall–Kier alpha value is -7.06. The fourth-order valence-electron chi connectivity index (χ4n) is 10.4. The number of fused-ring (bicyclic) bond motifs is 3. The lowest BCUT2D eigenvalue weighted by Crippen LogP contribution is -2.52. The van der Waals surface area contributed by atoms with Crippen LogP contribution in [0.1, 0.15) is 78.3 Å². The molecule has 69 heavy (non-hydrogen) atoms. The number of amides is 5. The third kappa shape index (κ3) is 8.82. The number of piperazine rings is 1. The van der Waals surface area contributed by atoms with Crippen molar-refractivity contribution in [1.82, 2.24) is 49.3 Å². The van der Waals surface area contributed by atoms with E-state index in [1.54, 1.807) is 48.5 Å². The second kappa shape index (κ2) is 18.8. The third-order valence-electron chi connectivity index (χ3n) is 14.1. The zero-order chi connectivity index (χ0) is 47.2. The number of hydrogen-bond acceptors (Lipinski definition) is 13. The summed E-state index contributed by atoms with van der Waals surface area (Å²) in [6, 6.07) is 11.1. The molecule has 0 radical (unpaired) electrons. The average Bonchev–Trinajstić information content (AvgIpc) is 4.22. The van der Waals surface area contributed by atoms with Crippen LogP contribution in [-0.2, 0) is 38.7 Å². The molecule has 9 heterocycles. The number of anilines is 2. The molecule has 0 aliphatic carbocycles. The maximum atomic E-state index is 16.4. The first-order valence-electron chi connectivity index (χ1n) is 23.7. The van der Waals surface area contributed by atoms with E-state index >= 15 is 4.39 Å². The second-order valence-electron chi connectivity index (χ2n) is 18.3. The number of imide groups is 1. The van der Waals surface area contributed by atoms with Crippen molar-refractivity contribution in [3.63, 3.8) is 0 Å². The van der Waals surface area contributed by atoms with Crippen LogP contribution < -0.4 is 20.3 Å². The summed E-state index contributed by atoms with van der Waals surface area (Å²) in [5.74, 6) is -0.260. The standard InChI is InChI=1S/C49H51FN12O6S/c50-42-33(10-8-31-27-62(56-43(31)42)45(47(66)55-49-51-16-25-69-49)44-36-5-2-18-60(36)29-53-44)30-9-12-39(52-26-30)58-23-21-57(22-24-58)17-3-7-41(64)59-19-14-32(15-20-59)68-38-6-1-4-34-35(38)28-61(48(34)67)37-11-13-40(63)54-46(37)65/h1,4,6,8-10,12,16,25-27,29,32,37,45H,2-3,5,7,11,13-15,17-24,28H2,(H,51,55,66)(H,54,63,65)/t37-,45-/m1/s1. The number of hydrogen-bond donors (Lipinski definition) is 2. The van der Waals surface area contributed by atoms with Crippen molar-refractivity contribution >= 4 is 62.7 Å². The lowest BCUT2D eigenvalue weighted by Gasteiger charge is -2.35. The van der Waals surface area contributed by atoms with Crippen molar-refractivity contribution in [2.75, 3.05) is 56.0 Å². The smallest absolute Gasteiger partial charge is 0.257 e. The number of aryl methyl sites for hydroxylation is 1. The molecule has 3 saturated heterocycles. The molecule has 18 nitrogen and oxygen atoms in total. The summed E-state index contributed by atoms with van der Waals surface area (Å²) in [7, 11) is 0. The van der Waals surface area contributed by atoms with Gasteiger partial charge in [0.25, 0.3) is 11.8 Å². The number of aromatic nitrogens is 6. The highest BCUT2D eigenvalue weighted by atomic mass is 32.1. The van der Waals surface area contributed by atoms with Crippen molar-refractivity contribution in [2.45, 2.75) is 82.6 Å². The van der Waals surface area contributed by atoms with Crippen molar-refractivity contribution in [2.24, 2.45) is 0 Å². The lowest BCUT2D eigenvalue weighted by atomic mass is 10.0. The molecule has 6 aromatic rings. The van der Waals surface area contributed by atoms with Crippen LogP contribution in [0.4, 0.5) is 15.3 Å². The fourth-order valence-corrected chi connectivity index (χ4v) is 10.9. The number of carbonyl (C=O) groups is 5. The van der Waals surface area contributed by atoms with Gasteiger partial charge in [0, 0.05) is 129 Å². The molecule has 356 valence electrons. The van der Waals surface area contributed by atoms with E-state index in [0.717, 1.165) is 75.6 Å². The highest BCUT2D eigenvalue weighted by molar-refractivity contribution is 7.13. The van der Waals surface area contributed by atoms with Gasteiger partial charge in [-0.3, -0.25) is 44.2 Å². The summed E-state index contributed by atoms with van der Waals surface area (Å²) >= 11 is 1.32. The van der Waals surface area contributed by atoms with Crippen LogP contribution in [0.25, 0.3) is 22.0 Å². The summed E-state index contributed by atoms with van der Waals surface area (Å²) in [6.07, 6.45) is 11.5. The first kappa shape index (κ1) is 44.4. The third-order valence-corrected chi connectivity index (χ3v) is 14.8. The van der Waals surface area contributed by atoms with Crippen LogP contribution in [-0.4, -0.2) is 131 Å². The van der Waals surface area contributed by atoms with Gasteiger partial charge >= 0.3 is 0 Å². The Morgan fingerprint density at radius 2 is 1.78 bits per heavy atom. The molecule has 0 spiro atoms. The van der Waals surface area contributed by atoms with Gasteiger partial charge in [-0.15, -0.1) is 11.3 Å². The Bertz CT molecular complexity index is 2940. The molecular formula is C49H51FN12O6S. The van der Waals surface area contributed by atoms with Crippen molar-refractivity contribution in [1.29, 1.82) is 0 Å². The summed E-state index contributed by atoms with van der Waals surface area (Å²) in [5, 5.41) is 12.7. The monoisotopic (exact) mass is 954 g/mol. The Kier molecular flexibility index (Phi) is 12.1. The number of halogens is 1. The average molecular weight is 955 g/mol. The molecular weight excluding hydrogens is 904 g/mol. The number of imidazole rings is 1. The molecule has 2 atom stereocenters. The van der Waals surface area contributed by atoms with Crippen molar-refractivity contribution in [3.8, 4) is 16.9 Å². The van der Waals surface area contributed by atoms with E-state index in [2.05, 4.69) is 40.1 Å². The topological polar surface area (TPSA) is 193 Å². The molecule has 4 aromatic heterocycles. The molecule has 0 unspecified atom stereocenters. The molecule has 3 fully saturated rings. The van der Waals surface area contributed by atoms with Gasteiger partial charge in [0.15, 0.2) is 17.0 Å². The second-order valence-corrected chi connectivity index (χ2v) is 19.2. The van der Waals surface area contributed by atoms with Gasteiger partial charge in [0.1, 0.15) is 29.2 Å². The van der Waals surface area contributed by atoms with Gasteiger partial charge in [-0.25, -0.2) is 19.3 Å². The number of nitrogens with zero attached hydrogens (tertiary/aromatic N) is 10. The van der Waals surface area contributed by atoms with Crippen molar-refractivity contribution < 1.29 is 33.1 Å². The Balaban J connectivity index is 0.647. The van der Waals surface area contributed by atoms with E-state index in [1.807, 2.05) is 29.2 Å². The van der Waals surface area contributed by atoms with Crippen LogP contribution >= 0.6 is 11.3 Å². The Morgan fingerprint density at radius 1 is 0.928 bits per heavy atom. The van der Waals surface area contributed by atoms with Gasteiger partial charge < -0.3 is 24.0 Å². The van der Waals surface area contributed by atoms with Crippen molar-refractivity contribution in [3.05, 3.63) is 101 Å². The van der Waals surface area contributed by atoms with E-state index in [-0.39, 0.29) is 48.2 Å². The lowest BCUT2D eigenvalue weighted by molar-refractivity contribution is -0.137. The Labute approximate surface area is 400 Å². The van der Waals surface area contributed by atoms with E-state index in [0.29, 0.717) is 77.4 Å². The quantitative estimate of drug-likeness (QED) is 0.151. The first-order valence-corrected chi connectivity index (χ1v) is 24.6. The number of benzene rings is 2. The molecule has 5 aliphatic heterocycles. The maximum absolute atomic E-state index is 16.4. The van der Waals surface area contributed by atoms with Gasteiger partial charge in [0.2, 0.25) is 17.7 Å². The Morgan fingerprint density at radius 3 is 2.57 bits per heavy atom. The van der Waals surface area contributed by atoms with Gasteiger partial charge in [0.05, 0.1) is 18.6 Å². The molecule has 2 N–H and O–H groups in total. The highest BCUT2D eigenvalue weighted by Gasteiger charge is 2.41. The van der Waals surface area contributed by atoms with Crippen LogP contribution in [0.2, 0.25) is 0 Å². The molecule has 20 heteroatoms. The minimum absolute atomic E-state index is 0.103.